The zero-order valence-corrected chi connectivity index (χ0v) is 13.1. The van der Waals surface area contributed by atoms with Crippen molar-refractivity contribution >= 4 is 21.8 Å². The molecule has 1 aliphatic rings. The Labute approximate surface area is 123 Å². The summed E-state index contributed by atoms with van der Waals surface area (Å²) in [5.41, 5.74) is 1.91. The van der Waals surface area contributed by atoms with Gasteiger partial charge in [0.15, 0.2) is 0 Å². The fourth-order valence-electron chi connectivity index (χ4n) is 2.07. The van der Waals surface area contributed by atoms with Crippen LogP contribution in [-0.2, 0) is 5.33 Å². The maximum absolute atomic E-state index is 12.0. The number of rotatable bonds is 6. The first-order valence-corrected chi connectivity index (χ1v) is 7.89. The predicted molar refractivity (Wildman–Crippen MR) is 81.7 cm³/mol. The normalized spacial score (nSPS) is 16.4. The predicted octanol–water partition coefficient (Wildman–Crippen LogP) is 2.79. The van der Waals surface area contributed by atoms with Gasteiger partial charge < -0.3 is 5.32 Å². The minimum absolute atomic E-state index is 0.0113. The summed E-state index contributed by atoms with van der Waals surface area (Å²) < 4.78 is 0. The van der Waals surface area contributed by atoms with Gasteiger partial charge in [-0.05, 0) is 44.5 Å². The van der Waals surface area contributed by atoms with Gasteiger partial charge in [0, 0.05) is 29.5 Å². The second-order valence-electron chi connectivity index (χ2n) is 5.29. The van der Waals surface area contributed by atoms with Gasteiger partial charge in [-0.1, -0.05) is 28.1 Å². The zero-order valence-electron chi connectivity index (χ0n) is 11.5. The third-order valence-electron chi connectivity index (χ3n) is 3.75. The van der Waals surface area contributed by atoms with E-state index >= 15 is 0 Å². The Morgan fingerprint density at radius 3 is 2.58 bits per heavy atom. The zero-order chi connectivity index (χ0) is 13.8. The van der Waals surface area contributed by atoms with Gasteiger partial charge in [-0.25, -0.2) is 0 Å². The molecule has 0 saturated heterocycles. The fraction of sp³-hybridized carbons (Fsp3) is 0.533. The van der Waals surface area contributed by atoms with Crippen LogP contribution in [-0.4, -0.2) is 36.5 Å². The standard InChI is InChI=1S/C15H21BrN2O/c1-11(18(2)14-7-8-14)10-17-15(19)13-5-3-12(9-16)4-6-13/h3-6,11,14H,7-10H2,1-2H3,(H,17,19). The van der Waals surface area contributed by atoms with Crippen molar-refractivity contribution in [1.82, 2.24) is 10.2 Å². The molecule has 0 spiro atoms. The Morgan fingerprint density at radius 2 is 2.05 bits per heavy atom. The topological polar surface area (TPSA) is 32.3 Å². The van der Waals surface area contributed by atoms with Crippen molar-refractivity contribution in [2.75, 3.05) is 13.6 Å². The van der Waals surface area contributed by atoms with Crippen LogP contribution in [0.1, 0.15) is 35.7 Å². The molecule has 4 heteroatoms. The van der Waals surface area contributed by atoms with Gasteiger partial charge in [-0.15, -0.1) is 0 Å². The Balaban J connectivity index is 1.82. The molecule has 1 aliphatic carbocycles. The Hall–Kier alpha value is -0.870. The van der Waals surface area contributed by atoms with Crippen LogP contribution in [0.5, 0.6) is 0 Å². The molecule has 2 rings (SSSR count). The van der Waals surface area contributed by atoms with E-state index in [1.165, 1.54) is 18.4 Å². The molecule has 0 bridgehead atoms. The van der Waals surface area contributed by atoms with E-state index in [4.69, 9.17) is 0 Å². The van der Waals surface area contributed by atoms with Gasteiger partial charge >= 0.3 is 0 Å². The summed E-state index contributed by atoms with van der Waals surface area (Å²) >= 11 is 3.40. The molecular weight excluding hydrogens is 304 g/mol. The van der Waals surface area contributed by atoms with Crippen molar-refractivity contribution in [2.45, 2.75) is 37.2 Å². The maximum atomic E-state index is 12.0. The van der Waals surface area contributed by atoms with Gasteiger partial charge in [0.25, 0.3) is 5.91 Å². The van der Waals surface area contributed by atoms with Gasteiger partial charge in [0.1, 0.15) is 0 Å². The number of carbonyl (C=O) groups is 1. The molecule has 1 aromatic rings. The summed E-state index contributed by atoms with van der Waals surface area (Å²) in [5, 5.41) is 3.83. The highest BCUT2D eigenvalue weighted by molar-refractivity contribution is 9.08. The summed E-state index contributed by atoms with van der Waals surface area (Å²) in [4.78, 5) is 14.4. The summed E-state index contributed by atoms with van der Waals surface area (Å²) in [6, 6.07) is 8.82. The summed E-state index contributed by atoms with van der Waals surface area (Å²) in [6.07, 6.45) is 2.59. The highest BCUT2D eigenvalue weighted by Gasteiger charge is 2.29. The van der Waals surface area contributed by atoms with E-state index in [9.17, 15) is 4.79 Å². The number of halogens is 1. The number of amides is 1. The molecule has 1 atom stereocenters. The highest BCUT2D eigenvalue weighted by Crippen LogP contribution is 2.26. The number of benzene rings is 1. The van der Waals surface area contributed by atoms with E-state index in [0.717, 1.165) is 16.9 Å². The van der Waals surface area contributed by atoms with Crippen LogP contribution < -0.4 is 5.32 Å². The number of nitrogens with one attached hydrogen (secondary N) is 1. The lowest BCUT2D eigenvalue weighted by Gasteiger charge is -2.24. The number of carbonyl (C=O) groups excluding carboxylic acids is 1. The molecule has 0 aliphatic heterocycles. The van der Waals surface area contributed by atoms with Crippen molar-refractivity contribution in [2.24, 2.45) is 0 Å². The molecule has 104 valence electrons. The van der Waals surface area contributed by atoms with Gasteiger partial charge in [0.2, 0.25) is 0 Å². The second-order valence-corrected chi connectivity index (χ2v) is 5.85. The first-order valence-electron chi connectivity index (χ1n) is 6.77. The summed E-state index contributed by atoms with van der Waals surface area (Å²) in [5.74, 6) is 0.0113. The third kappa shape index (κ3) is 4.05. The van der Waals surface area contributed by atoms with Crippen LogP contribution in [0.15, 0.2) is 24.3 Å². The van der Waals surface area contributed by atoms with Crippen molar-refractivity contribution in [3.05, 3.63) is 35.4 Å². The van der Waals surface area contributed by atoms with Crippen molar-refractivity contribution < 1.29 is 4.79 Å². The highest BCUT2D eigenvalue weighted by atomic mass is 79.9. The van der Waals surface area contributed by atoms with E-state index in [1.54, 1.807) is 0 Å². The molecule has 1 aromatic carbocycles. The van der Waals surface area contributed by atoms with E-state index in [0.29, 0.717) is 12.6 Å². The average molecular weight is 325 g/mol. The molecule has 1 saturated carbocycles. The van der Waals surface area contributed by atoms with E-state index < -0.39 is 0 Å². The third-order valence-corrected chi connectivity index (χ3v) is 4.39. The lowest BCUT2D eigenvalue weighted by molar-refractivity contribution is 0.0939. The lowest BCUT2D eigenvalue weighted by atomic mass is 10.1. The number of hydrogen-bond acceptors (Lipinski definition) is 2. The van der Waals surface area contributed by atoms with Crippen LogP contribution in [0.3, 0.4) is 0 Å². The van der Waals surface area contributed by atoms with Gasteiger partial charge in [-0.3, -0.25) is 9.69 Å². The van der Waals surface area contributed by atoms with Crippen LogP contribution in [0.2, 0.25) is 0 Å². The second kappa shape index (κ2) is 6.53. The van der Waals surface area contributed by atoms with Crippen LogP contribution in [0, 0.1) is 0 Å². The number of nitrogens with zero attached hydrogens (tertiary/aromatic N) is 1. The molecule has 1 unspecified atom stereocenters. The van der Waals surface area contributed by atoms with Crippen LogP contribution in [0.4, 0.5) is 0 Å². The molecule has 0 radical (unpaired) electrons. The first kappa shape index (κ1) is 14.5. The van der Waals surface area contributed by atoms with Crippen molar-refractivity contribution in [3.63, 3.8) is 0 Å². The monoisotopic (exact) mass is 324 g/mol. The number of alkyl halides is 1. The molecule has 0 heterocycles. The fourth-order valence-corrected chi connectivity index (χ4v) is 2.45. The van der Waals surface area contributed by atoms with E-state index in [-0.39, 0.29) is 5.91 Å². The smallest absolute Gasteiger partial charge is 0.251 e. The summed E-state index contributed by atoms with van der Waals surface area (Å²) in [7, 11) is 2.14. The van der Waals surface area contributed by atoms with Crippen molar-refractivity contribution in [1.29, 1.82) is 0 Å². The largest absolute Gasteiger partial charge is 0.350 e. The van der Waals surface area contributed by atoms with Crippen molar-refractivity contribution in [3.8, 4) is 0 Å². The molecule has 1 amide bonds. The van der Waals surface area contributed by atoms with Gasteiger partial charge in [-0.2, -0.15) is 0 Å². The lowest BCUT2D eigenvalue weighted by Crippen LogP contribution is -2.41. The Bertz CT molecular complexity index is 428. The molecule has 0 aromatic heterocycles. The molecule has 1 N–H and O–H groups in total. The number of hydrogen-bond donors (Lipinski definition) is 1. The molecule has 3 nitrogen and oxygen atoms in total. The molecule has 19 heavy (non-hydrogen) atoms. The Kier molecular flexibility index (Phi) is 4.99. The molecular formula is C15H21BrN2O. The molecule has 1 fully saturated rings. The van der Waals surface area contributed by atoms with Gasteiger partial charge in [0.05, 0.1) is 0 Å². The first-order chi connectivity index (χ1) is 9.11. The Morgan fingerprint density at radius 1 is 1.42 bits per heavy atom. The minimum Gasteiger partial charge on any atom is -0.350 e. The SMILES string of the molecule is CC(CNC(=O)c1ccc(CBr)cc1)N(C)C1CC1. The van der Waals surface area contributed by atoms with Crippen LogP contribution >= 0.6 is 15.9 Å². The summed E-state index contributed by atoms with van der Waals surface area (Å²) in [6.45, 7) is 2.86. The quantitative estimate of drug-likeness (QED) is 0.816. The van der Waals surface area contributed by atoms with Crippen LogP contribution in [0.25, 0.3) is 0 Å². The minimum atomic E-state index is 0.0113. The average Bonchev–Trinajstić information content (AvgIpc) is 3.28. The maximum Gasteiger partial charge on any atom is 0.251 e. The van der Waals surface area contributed by atoms with E-state index in [1.807, 2.05) is 24.3 Å². The number of likely N-dealkylation sites (N-methyl/N-ethyl adjacent to an activating group) is 1. The van der Waals surface area contributed by atoms with E-state index in [2.05, 4.69) is 40.1 Å².